The molecule has 2 atom stereocenters. The van der Waals surface area contributed by atoms with Gasteiger partial charge < -0.3 is 4.90 Å². The molecule has 1 aromatic carbocycles. The highest BCUT2D eigenvalue weighted by molar-refractivity contribution is 5.95. The van der Waals surface area contributed by atoms with E-state index >= 15 is 0 Å². The molecule has 1 aliphatic carbocycles. The Hall–Kier alpha value is -2.10. The third-order valence-electron chi connectivity index (χ3n) is 6.04. The molecule has 2 heterocycles. The van der Waals surface area contributed by atoms with E-state index in [1.807, 2.05) is 42.8 Å². The number of nitrogens with zero attached hydrogens (tertiary/aromatic N) is 3. The summed E-state index contributed by atoms with van der Waals surface area (Å²) in [6, 6.07) is 10.3. The molecule has 4 heteroatoms. The monoisotopic (exact) mass is 351 g/mol. The van der Waals surface area contributed by atoms with E-state index < -0.39 is 0 Å². The maximum Gasteiger partial charge on any atom is 0.254 e. The van der Waals surface area contributed by atoms with E-state index in [2.05, 4.69) is 36.8 Å². The van der Waals surface area contributed by atoms with E-state index in [9.17, 15) is 4.79 Å². The Morgan fingerprint density at radius 2 is 1.81 bits per heavy atom. The van der Waals surface area contributed by atoms with E-state index in [0.29, 0.717) is 11.5 Å². The van der Waals surface area contributed by atoms with Crippen molar-refractivity contribution >= 4 is 5.91 Å². The van der Waals surface area contributed by atoms with Crippen LogP contribution in [-0.4, -0.2) is 33.2 Å². The zero-order chi connectivity index (χ0) is 18.7. The SMILES string of the molecule is Cc1cc(C)n(-c2ccc(C(=O)N3CC4(C)CC3CC(C)(C)C4)cc2)n1. The largest absolute Gasteiger partial charge is 0.335 e. The molecule has 0 N–H and O–H groups in total. The van der Waals surface area contributed by atoms with Crippen LogP contribution in [0.5, 0.6) is 0 Å². The Bertz CT molecular complexity index is 849. The number of rotatable bonds is 2. The van der Waals surface area contributed by atoms with E-state index in [1.165, 1.54) is 6.42 Å². The smallest absolute Gasteiger partial charge is 0.254 e. The van der Waals surface area contributed by atoms with Crippen LogP contribution in [0.3, 0.4) is 0 Å². The van der Waals surface area contributed by atoms with Crippen LogP contribution in [0.4, 0.5) is 0 Å². The van der Waals surface area contributed by atoms with Crippen molar-refractivity contribution in [3.63, 3.8) is 0 Å². The molecule has 1 aliphatic heterocycles. The number of likely N-dealkylation sites (tertiary alicyclic amines) is 1. The lowest BCUT2D eigenvalue weighted by molar-refractivity contribution is 0.0708. The number of hydrogen-bond acceptors (Lipinski definition) is 2. The number of carbonyl (C=O) groups is 1. The number of aromatic nitrogens is 2. The third-order valence-corrected chi connectivity index (χ3v) is 6.04. The van der Waals surface area contributed by atoms with Crippen LogP contribution >= 0.6 is 0 Å². The average Bonchev–Trinajstić information content (AvgIpc) is 3.01. The minimum atomic E-state index is 0.177. The second kappa shape index (κ2) is 5.70. The van der Waals surface area contributed by atoms with Gasteiger partial charge in [-0.25, -0.2) is 4.68 Å². The van der Waals surface area contributed by atoms with Crippen molar-refractivity contribution in [3.8, 4) is 5.69 Å². The molecule has 2 aliphatic rings. The fourth-order valence-corrected chi connectivity index (χ4v) is 5.50. The first-order valence-electron chi connectivity index (χ1n) is 9.61. The molecule has 2 unspecified atom stereocenters. The predicted molar refractivity (Wildman–Crippen MR) is 104 cm³/mol. The van der Waals surface area contributed by atoms with Gasteiger partial charge in [-0.2, -0.15) is 5.10 Å². The molecule has 0 radical (unpaired) electrons. The fourth-order valence-electron chi connectivity index (χ4n) is 5.50. The highest BCUT2D eigenvalue weighted by atomic mass is 16.2. The van der Waals surface area contributed by atoms with E-state index in [4.69, 9.17) is 0 Å². The van der Waals surface area contributed by atoms with E-state index in [1.54, 1.807) is 0 Å². The van der Waals surface area contributed by atoms with Crippen LogP contribution in [0.15, 0.2) is 30.3 Å². The Morgan fingerprint density at radius 1 is 1.12 bits per heavy atom. The van der Waals surface area contributed by atoms with Gasteiger partial charge in [0.05, 0.1) is 11.4 Å². The van der Waals surface area contributed by atoms with Gasteiger partial charge in [-0.15, -0.1) is 0 Å². The molecule has 4 nitrogen and oxygen atoms in total. The molecule has 26 heavy (non-hydrogen) atoms. The molecule has 1 aromatic heterocycles. The topological polar surface area (TPSA) is 38.1 Å². The van der Waals surface area contributed by atoms with Crippen molar-refractivity contribution in [1.82, 2.24) is 14.7 Å². The van der Waals surface area contributed by atoms with Crippen molar-refractivity contribution in [3.05, 3.63) is 47.3 Å². The summed E-state index contributed by atoms with van der Waals surface area (Å²) in [4.78, 5) is 15.3. The second-order valence-corrected chi connectivity index (χ2v) is 9.53. The van der Waals surface area contributed by atoms with Gasteiger partial charge in [0.25, 0.3) is 5.91 Å². The minimum absolute atomic E-state index is 0.177. The summed E-state index contributed by atoms with van der Waals surface area (Å²) in [6.07, 6.45) is 3.46. The lowest BCUT2D eigenvalue weighted by Gasteiger charge is -2.39. The average molecular weight is 351 g/mol. The summed E-state index contributed by atoms with van der Waals surface area (Å²) in [7, 11) is 0. The quantitative estimate of drug-likeness (QED) is 0.797. The maximum absolute atomic E-state index is 13.2. The summed E-state index contributed by atoms with van der Waals surface area (Å²) < 4.78 is 1.93. The van der Waals surface area contributed by atoms with Gasteiger partial charge in [0.15, 0.2) is 0 Å². The van der Waals surface area contributed by atoms with Crippen LogP contribution in [0.1, 0.15) is 61.8 Å². The van der Waals surface area contributed by atoms with Crippen LogP contribution in [0.25, 0.3) is 5.69 Å². The van der Waals surface area contributed by atoms with Gasteiger partial charge in [-0.1, -0.05) is 20.8 Å². The van der Waals surface area contributed by atoms with E-state index in [0.717, 1.165) is 42.0 Å². The van der Waals surface area contributed by atoms with E-state index in [-0.39, 0.29) is 11.3 Å². The molecule has 2 fully saturated rings. The van der Waals surface area contributed by atoms with Crippen molar-refractivity contribution < 1.29 is 4.79 Å². The molecule has 2 aromatic rings. The highest BCUT2D eigenvalue weighted by Crippen LogP contribution is 2.52. The van der Waals surface area contributed by atoms with Crippen LogP contribution in [0.2, 0.25) is 0 Å². The zero-order valence-corrected chi connectivity index (χ0v) is 16.5. The molecule has 2 bridgehead atoms. The summed E-state index contributed by atoms with van der Waals surface area (Å²) in [5, 5.41) is 4.52. The third kappa shape index (κ3) is 2.95. The fraction of sp³-hybridized carbons (Fsp3) is 0.545. The lowest BCUT2D eigenvalue weighted by Crippen LogP contribution is -2.37. The normalized spacial score (nSPS) is 27.0. The van der Waals surface area contributed by atoms with Gasteiger partial charge >= 0.3 is 0 Å². The summed E-state index contributed by atoms with van der Waals surface area (Å²) >= 11 is 0. The Morgan fingerprint density at radius 3 is 2.42 bits per heavy atom. The molecule has 4 rings (SSSR count). The van der Waals surface area contributed by atoms with Crippen LogP contribution < -0.4 is 0 Å². The van der Waals surface area contributed by atoms with Crippen LogP contribution in [0, 0.1) is 24.7 Å². The van der Waals surface area contributed by atoms with Gasteiger partial charge in [0.1, 0.15) is 0 Å². The standard InChI is InChI=1S/C22H29N3O/c1-15-10-16(2)25(23-15)18-8-6-17(7-9-18)20(26)24-14-22(5)12-19(24)11-21(3,4)13-22/h6-10,19H,11-14H2,1-5H3. The number of benzene rings is 1. The minimum Gasteiger partial charge on any atom is -0.335 e. The van der Waals surface area contributed by atoms with Gasteiger partial charge in [0.2, 0.25) is 0 Å². The predicted octanol–water partition coefficient (Wildman–Crippen LogP) is 4.53. The summed E-state index contributed by atoms with van der Waals surface area (Å²) in [5.74, 6) is 0.177. The second-order valence-electron chi connectivity index (χ2n) is 9.53. The first-order chi connectivity index (χ1) is 12.2. The molecule has 1 amide bonds. The van der Waals surface area contributed by atoms with Crippen molar-refractivity contribution in [2.75, 3.05) is 6.54 Å². The molecule has 0 spiro atoms. The molecular weight excluding hydrogens is 322 g/mol. The van der Waals surface area contributed by atoms with Crippen molar-refractivity contribution in [2.45, 2.75) is 59.9 Å². The maximum atomic E-state index is 13.2. The Labute approximate surface area is 156 Å². The Kier molecular flexibility index (Phi) is 3.80. The number of hydrogen-bond donors (Lipinski definition) is 0. The molecule has 138 valence electrons. The van der Waals surface area contributed by atoms with Crippen molar-refractivity contribution in [1.29, 1.82) is 0 Å². The van der Waals surface area contributed by atoms with Gasteiger partial charge in [-0.05, 0) is 74.3 Å². The van der Waals surface area contributed by atoms with Crippen LogP contribution in [-0.2, 0) is 0 Å². The first kappa shape index (κ1) is 17.3. The number of aryl methyl sites for hydroxylation is 2. The Balaban J connectivity index is 1.57. The molecular formula is C22H29N3O. The molecule has 1 saturated carbocycles. The summed E-state index contributed by atoms with van der Waals surface area (Å²) in [6.45, 7) is 12.0. The summed E-state index contributed by atoms with van der Waals surface area (Å²) in [5.41, 5.74) is 4.48. The number of carbonyl (C=O) groups excluding carboxylic acids is 1. The highest BCUT2D eigenvalue weighted by Gasteiger charge is 2.50. The van der Waals surface area contributed by atoms with Gasteiger partial charge in [-0.3, -0.25) is 4.79 Å². The molecule has 1 saturated heterocycles. The first-order valence-corrected chi connectivity index (χ1v) is 9.61. The lowest BCUT2D eigenvalue weighted by atomic mass is 9.65. The number of amides is 1. The zero-order valence-electron chi connectivity index (χ0n) is 16.5. The number of fused-ring (bicyclic) bond motifs is 2. The van der Waals surface area contributed by atoms with Crippen molar-refractivity contribution in [2.24, 2.45) is 10.8 Å². The van der Waals surface area contributed by atoms with Gasteiger partial charge in [0, 0.05) is 23.8 Å².